The van der Waals surface area contributed by atoms with Gasteiger partial charge in [-0.25, -0.2) is 9.78 Å². The van der Waals surface area contributed by atoms with E-state index in [-0.39, 0.29) is 51.8 Å². The minimum absolute atomic E-state index is 0. The van der Waals surface area contributed by atoms with Gasteiger partial charge in [0, 0.05) is 22.1 Å². The quantitative estimate of drug-likeness (QED) is 0.363. The maximum atomic E-state index is 12.4. The smallest absolute Gasteiger partial charge is 0.858 e. The molecule has 1 aromatic rings. The Balaban J connectivity index is 0.00000512. The molecule has 0 bridgehead atoms. The molecule has 7 nitrogen and oxygen atoms in total. The van der Waals surface area contributed by atoms with Gasteiger partial charge in [-0.1, -0.05) is 41.5 Å². The van der Waals surface area contributed by atoms with Crippen molar-refractivity contribution in [3.63, 3.8) is 0 Å². The van der Waals surface area contributed by atoms with Gasteiger partial charge in [-0.2, -0.15) is 0 Å². The Bertz CT molecular complexity index is 852. The average Bonchev–Trinajstić information content (AvgIpc) is 2.96. The molecule has 0 saturated carbocycles. The van der Waals surface area contributed by atoms with Crippen LogP contribution < -0.4 is 40.4 Å². The topological polar surface area (TPSA) is 85.6 Å². The molecule has 0 spiro atoms. The Kier molecular flexibility index (Phi) is 10.4. The predicted molar refractivity (Wildman–Crippen MR) is 134 cm³/mol. The summed E-state index contributed by atoms with van der Waals surface area (Å²) in [5.74, 6) is -0.508. The van der Waals surface area contributed by atoms with Gasteiger partial charge in [0.1, 0.15) is 12.3 Å². The molecule has 1 aliphatic heterocycles. The first-order valence-corrected chi connectivity index (χ1v) is 17.7. The molecule has 11 heteroatoms. The number of ether oxygens (including phenoxy) is 1. The fourth-order valence-electron chi connectivity index (χ4n) is 2.84. The second-order valence-corrected chi connectivity index (χ2v) is 22.2. The van der Waals surface area contributed by atoms with Gasteiger partial charge in [0.25, 0.3) is 0 Å². The van der Waals surface area contributed by atoms with E-state index in [4.69, 9.17) is 13.6 Å². The third-order valence-electron chi connectivity index (χ3n) is 7.03. The zero-order chi connectivity index (χ0) is 24.0. The van der Waals surface area contributed by atoms with Crippen LogP contribution in [0.15, 0.2) is 11.0 Å². The number of halogens is 1. The van der Waals surface area contributed by atoms with Crippen molar-refractivity contribution in [2.24, 2.45) is 0 Å². The summed E-state index contributed by atoms with van der Waals surface area (Å²) in [7, 11) is -4.04. The van der Waals surface area contributed by atoms with Crippen LogP contribution in [0.5, 0.6) is 5.88 Å². The van der Waals surface area contributed by atoms with Gasteiger partial charge in [0.05, 0.1) is 12.7 Å². The van der Waals surface area contributed by atoms with E-state index in [9.17, 15) is 9.90 Å². The van der Waals surface area contributed by atoms with Gasteiger partial charge in [-0.05, 0) is 58.9 Å². The molecule has 0 unspecified atom stereocenters. The van der Waals surface area contributed by atoms with E-state index >= 15 is 0 Å². The molecule has 0 aliphatic carbocycles. The van der Waals surface area contributed by atoms with E-state index in [0.29, 0.717) is 16.6 Å². The fourth-order valence-corrected chi connectivity index (χ4v) is 5.64. The zero-order valence-corrected chi connectivity index (χ0v) is 27.7. The van der Waals surface area contributed by atoms with Crippen molar-refractivity contribution in [2.45, 2.75) is 103 Å². The number of hydrogen-bond acceptors (Lipinski definition) is 6. The van der Waals surface area contributed by atoms with E-state index in [0.717, 1.165) is 0 Å². The summed E-state index contributed by atoms with van der Waals surface area (Å²) in [6.07, 6.45) is 1.05. The minimum Gasteiger partial charge on any atom is -0.858 e. The molecule has 1 aliphatic rings. The summed E-state index contributed by atoms with van der Waals surface area (Å²) in [6, 6.07) is 0. The van der Waals surface area contributed by atoms with Crippen molar-refractivity contribution in [3.8, 4) is 5.88 Å². The van der Waals surface area contributed by atoms with Crippen LogP contribution in [-0.2, 0) is 13.6 Å². The van der Waals surface area contributed by atoms with Crippen LogP contribution in [0.25, 0.3) is 0 Å². The SMILES string of the molecule is CC(C)(C)[Si](C)(C)OC[C@H]1O[C@@H](n2cc(I)c([O-])nc2=O)C[C@@H]1O[Si](C)(C)C(C)(C)C.[Na+]. The van der Waals surface area contributed by atoms with E-state index in [1.54, 1.807) is 0 Å². The molecular weight excluding hydrogens is 566 g/mol. The van der Waals surface area contributed by atoms with Crippen LogP contribution in [-0.4, -0.2) is 45.0 Å². The normalized spacial score (nSPS) is 22.7. The van der Waals surface area contributed by atoms with E-state index < -0.39 is 34.4 Å². The second kappa shape index (κ2) is 10.8. The van der Waals surface area contributed by atoms with Crippen LogP contribution in [0, 0.1) is 3.57 Å². The van der Waals surface area contributed by atoms with E-state index in [1.807, 2.05) is 22.6 Å². The summed E-state index contributed by atoms with van der Waals surface area (Å²) in [5.41, 5.74) is -0.590. The van der Waals surface area contributed by atoms with Crippen LogP contribution in [0.2, 0.25) is 36.3 Å². The molecule has 3 atom stereocenters. The van der Waals surface area contributed by atoms with Crippen LogP contribution in [0.1, 0.15) is 54.2 Å². The minimum atomic E-state index is -2.07. The second-order valence-electron chi connectivity index (χ2n) is 11.4. The summed E-state index contributed by atoms with van der Waals surface area (Å²) in [6.45, 7) is 22.5. The molecule has 0 radical (unpaired) electrons. The van der Waals surface area contributed by atoms with Gasteiger partial charge in [-0.15, -0.1) is 0 Å². The first-order valence-electron chi connectivity index (χ1n) is 10.8. The molecule has 0 aromatic carbocycles. The maximum absolute atomic E-state index is 12.4. The van der Waals surface area contributed by atoms with Gasteiger partial charge in [0.2, 0.25) is 0 Å². The molecular formula is C21H38IN2NaO5Si2. The molecule has 1 aromatic heterocycles. The third-order valence-corrected chi connectivity index (χ3v) is 16.8. The van der Waals surface area contributed by atoms with Crippen molar-refractivity contribution in [1.29, 1.82) is 0 Å². The van der Waals surface area contributed by atoms with Crippen LogP contribution >= 0.6 is 22.6 Å². The molecule has 2 heterocycles. The monoisotopic (exact) mass is 604 g/mol. The predicted octanol–water partition coefficient (Wildman–Crippen LogP) is 1.63. The van der Waals surface area contributed by atoms with Gasteiger partial charge in [0.15, 0.2) is 16.6 Å². The summed E-state index contributed by atoms with van der Waals surface area (Å²) >= 11 is 1.90. The van der Waals surface area contributed by atoms with Crippen molar-refractivity contribution in [3.05, 3.63) is 20.3 Å². The largest absolute Gasteiger partial charge is 1.00 e. The van der Waals surface area contributed by atoms with Gasteiger partial charge < -0.3 is 18.7 Å². The van der Waals surface area contributed by atoms with Crippen molar-refractivity contribution in [1.82, 2.24) is 9.55 Å². The van der Waals surface area contributed by atoms with Crippen molar-refractivity contribution < 1.29 is 48.3 Å². The summed E-state index contributed by atoms with van der Waals surface area (Å²) < 4.78 is 21.3. The molecule has 0 N–H and O–H groups in total. The standard InChI is InChI=1S/C21H39IN2O5Si2.Na/c1-20(2,3)30(7,8)27-13-16-15(29-31(9,10)21(4,5)6)11-17(28-16)24-12-14(22)18(25)23-19(24)26;/h12,15-17H,11,13H2,1-10H3,(H,23,25,26);/q;+1/p-1/t15-,16+,17+;/m0./s1. The average molecular weight is 605 g/mol. The first kappa shape index (κ1) is 30.8. The molecule has 178 valence electrons. The first-order chi connectivity index (χ1) is 13.9. The Morgan fingerprint density at radius 1 is 1.16 bits per heavy atom. The van der Waals surface area contributed by atoms with Gasteiger partial charge in [-0.3, -0.25) is 4.57 Å². The Morgan fingerprint density at radius 2 is 1.69 bits per heavy atom. The Morgan fingerprint density at radius 3 is 2.19 bits per heavy atom. The molecule has 1 saturated heterocycles. The van der Waals surface area contributed by atoms with Crippen molar-refractivity contribution in [2.75, 3.05) is 6.61 Å². The van der Waals surface area contributed by atoms with Crippen LogP contribution in [0.4, 0.5) is 0 Å². The third kappa shape index (κ3) is 7.12. The molecule has 1 fully saturated rings. The molecule has 2 rings (SSSR count). The molecule has 32 heavy (non-hydrogen) atoms. The Labute approximate surface area is 230 Å². The van der Waals surface area contributed by atoms with E-state index in [1.165, 1.54) is 10.8 Å². The summed E-state index contributed by atoms with van der Waals surface area (Å²) in [4.78, 5) is 16.0. The Hall–Kier alpha value is 0.724. The number of aromatic nitrogens is 2. The van der Waals surface area contributed by atoms with Gasteiger partial charge >= 0.3 is 35.2 Å². The number of rotatable bonds is 6. The maximum Gasteiger partial charge on any atom is 1.00 e. The zero-order valence-electron chi connectivity index (χ0n) is 21.5. The summed E-state index contributed by atoms with van der Waals surface area (Å²) in [5, 5.41) is 11.9. The fraction of sp³-hybridized carbons (Fsp3) is 0.810. The van der Waals surface area contributed by atoms with Crippen molar-refractivity contribution >= 4 is 39.2 Å². The van der Waals surface area contributed by atoms with E-state index in [2.05, 4.69) is 72.7 Å². The number of nitrogens with zero attached hydrogens (tertiary/aromatic N) is 2. The molecule has 0 amide bonds. The number of hydrogen-bond donors (Lipinski definition) is 0. The van der Waals surface area contributed by atoms with Crippen LogP contribution in [0.3, 0.4) is 0 Å².